The van der Waals surface area contributed by atoms with E-state index in [1.165, 1.54) is 11.0 Å². The molecule has 45 heavy (non-hydrogen) atoms. The summed E-state index contributed by atoms with van der Waals surface area (Å²) in [5.41, 5.74) is -3.16. The highest BCUT2D eigenvalue weighted by molar-refractivity contribution is 7.80. The lowest BCUT2D eigenvalue weighted by atomic mass is 9.85. The first-order valence-electron chi connectivity index (χ1n) is 15.8. The van der Waals surface area contributed by atoms with Gasteiger partial charge in [0.25, 0.3) is 5.91 Å². The molecule has 1 saturated carbocycles. The van der Waals surface area contributed by atoms with Gasteiger partial charge in [-0.15, -0.1) is 0 Å². The third-order valence-corrected chi connectivity index (χ3v) is 9.58. The summed E-state index contributed by atoms with van der Waals surface area (Å²) in [6.45, 7) is 13.9. The van der Waals surface area contributed by atoms with E-state index in [1.54, 1.807) is 19.9 Å². The van der Waals surface area contributed by atoms with Crippen molar-refractivity contribution in [2.75, 3.05) is 11.5 Å². The summed E-state index contributed by atoms with van der Waals surface area (Å²) in [5.74, 6) is 0.0507. The van der Waals surface area contributed by atoms with Gasteiger partial charge in [-0.2, -0.15) is 18.4 Å². The Bertz CT molecular complexity index is 1320. The van der Waals surface area contributed by atoms with Crippen LogP contribution in [0, 0.1) is 17.2 Å². The normalized spacial score (nSPS) is 27.5. The number of thiocarbonyl (C=S) groups is 1. The highest BCUT2D eigenvalue weighted by Crippen LogP contribution is 2.41. The van der Waals surface area contributed by atoms with Crippen molar-refractivity contribution < 1.29 is 32.2 Å². The molecule has 2 saturated heterocycles. The summed E-state index contributed by atoms with van der Waals surface area (Å²) >= 11 is 5.71. The maximum Gasteiger partial charge on any atom is 0.417 e. The van der Waals surface area contributed by atoms with E-state index in [-0.39, 0.29) is 41.1 Å². The molecule has 0 bridgehead atoms. The number of hydrogen-bond donors (Lipinski definition) is 0. The van der Waals surface area contributed by atoms with Crippen LogP contribution >= 0.6 is 12.2 Å². The first-order chi connectivity index (χ1) is 20.8. The summed E-state index contributed by atoms with van der Waals surface area (Å²) in [4.78, 5) is 31.1. The van der Waals surface area contributed by atoms with Crippen molar-refractivity contribution in [3.05, 3.63) is 29.3 Å². The maximum atomic E-state index is 13.6. The van der Waals surface area contributed by atoms with Crippen LogP contribution in [0.25, 0.3) is 0 Å². The molecule has 0 N–H and O–H groups in total. The van der Waals surface area contributed by atoms with Crippen LogP contribution in [0.4, 0.5) is 23.7 Å². The number of alkyl halides is 3. The van der Waals surface area contributed by atoms with Gasteiger partial charge in [0.2, 0.25) is 0 Å². The van der Waals surface area contributed by atoms with Gasteiger partial charge in [0.1, 0.15) is 11.1 Å². The number of rotatable bonds is 6. The highest BCUT2D eigenvalue weighted by Gasteiger charge is 2.52. The van der Waals surface area contributed by atoms with Crippen molar-refractivity contribution >= 4 is 35.0 Å². The number of carbonyl (C=O) groups is 2. The molecule has 1 aromatic rings. The van der Waals surface area contributed by atoms with E-state index < -0.39 is 34.4 Å². The molecule has 12 heteroatoms. The predicted molar refractivity (Wildman–Crippen MR) is 168 cm³/mol. The van der Waals surface area contributed by atoms with E-state index >= 15 is 0 Å². The van der Waals surface area contributed by atoms with E-state index in [0.717, 1.165) is 57.1 Å². The van der Waals surface area contributed by atoms with Crippen LogP contribution in [0.2, 0.25) is 0 Å². The van der Waals surface area contributed by atoms with Crippen molar-refractivity contribution in [2.45, 2.75) is 135 Å². The average Bonchev–Trinajstić information content (AvgIpc) is 3.09. The fourth-order valence-corrected chi connectivity index (χ4v) is 7.72. The molecular weight excluding hydrogens is 605 g/mol. The second-order valence-corrected chi connectivity index (χ2v) is 14.6. The van der Waals surface area contributed by atoms with Crippen molar-refractivity contribution in [3.8, 4) is 6.07 Å². The molecule has 2 unspecified atom stereocenters. The van der Waals surface area contributed by atoms with Crippen molar-refractivity contribution in [1.29, 1.82) is 5.26 Å². The molecule has 3 aliphatic rings. The SMILES string of the molecule is CC1CC(CCOC2CCC(N3C(=S)N(c4ccc(C#N)c(C(F)(F)F)c4)C(=O)C3(C)C)CC2)C[C@H](C)N1C(=O)OC(C)(C)C. The van der Waals surface area contributed by atoms with Crippen LogP contribution in [0.3, 0.4) is 0 Å². The number of anilines is 1. The van der Waals surface area contributed by atoms with Crippen molar-refractivity contribution in [3.63, 3.8) is 0 Å². The zero-order valence-electron chi connectivity index (χ0n) is 27.2. The molecule has 1 aliphatic carbocycles. The van der Waals surface area contributed by atoms with Crippen LogP contribution in [0.5, 0.6) is 0 Å². The fraction of sp³-hybridized carbons (Fsp3) is 0.697. The monoisotopic (exact) mass is 650 g/mol. The number of nitriles is 1. The average molecular weight is 651 g/mol. The number of likely N-dealkylation sites (tertiary alicyclic amines) is 1. The molecule has 2 amide bonds. The second-order valence-electron chi connectivity index (χ2n) is 14.2. The molecule has 0 aromatic heterocycles. The van der Waals surface area contributed by atoms with Crippen LogP contribution in [-0.2, 0) is 20.4 Å². The summed E-state index contributed by atoms with van der Waals surface area (Å²) in [5, 5.41) is 9.34. The molecule has 0 radical (unpaired) electrons. The number of ether oxygens (including phenoxy) is 2. The summed E-state index contributed by atoms with van der Waals surface area (Å²) < 4.78 is 52.9. The first-order valence-corrected chi connectivity index (χ1v) is 16.2. The van der Waals surface area contributed by atoms with E-state index in [9.17, 15) is 22.8 Å². The van der Waals surface area contributed by atoms with Gasteiger partial charge in [0.05, 0.1) is 29.0 Å². The zero-order chi connectivity index (χ0) is 33.5. The third-order valence-electron chi connectivity index (χ3n) is 9.20. The lowest BCUT2D eigenvalue weighted by Gasteiger charge is -2.43. The molecule has 0 spiro atoms. The van der Waals surface area contributed by atoms with Gasteiger partial charge >= 0.3 is 12.3 Å². The number of benzene rings is 1. The first kappa shape index (κ1) is 35.0. The lowest BCUT2D eigenvalue weighted by Crippen LogP contribution is -2.51. The van der Waals surface area contributed by atoms with Gasteiger partial charge in [-0.05, 0) is 130 Å². The largest absolute Gasteiger partial charge is 0.444 e. The molecule has 3 atom stereocenters. The van der Waals surface area contributed by atoms with E-state index in [4.69, 9.17) is 27.0 Å². The quantitative estimate of drug-likeness (QED) is 0.296. The number of hydrogen-bond acceptors (Lipinski definition) is 6. The second kappa shape index (κ2) is 13.1. The topological polar surface area (TPSA) is 86.1 Å². The summed E-state index contributed by atoms with van der Waals surface area (Å²) in [6, 6.07) is 4.94. The Balaban J connectivity index is 1.31. The highest BCUT2D eigenvalue weighted by atomic mass is 32.1. The van der Waals surface area contributed by atoms with Gasteiger partial charge < -0.3 is 19.3 Å². The summed E-state index contributed by atoms with van der Waals surface area (Å²) in [7, 11) is 0. The summed E-state index contributed by atoms with van der Waals surface area (Å²) in [6.07, 6.45) is 0.822. The molecule has 3 fully saturated rings. The third kappa shape index (κ3) is 7.57. The smallest absolute Gasteiger partial charge is 0.417 e. The minimum Gasteiger partial charge on any atom is -0.444 e. The minimum absolute atomic E-state index is 0.00415. The van der Waals surface area contributed by atoms with Crippen LogP contribution in [-0.4, -0.2) is 68.9 Å². The van der Waals surface area contributed by atoms with Gasteiger partial charge in [0.15, 0.2) is 5.11 Å². The molecule has 2 heterocycles. The van der Waals surface area contributed by atoms with Crippen molar-refractivity contribution in [2.24, 2.45) is 5.92 Å². The van der Waals surface area contributed by atoms with Crippen molar-refractivity contribution in [1.82, 2.24) is 9.80 Å². The van der Waals surface area contributed by atoms with Gasteiger partial charge in [-0.1, -0.05) is 0 Å². The Morgan fingerprint density at radius 3 is 2.22 bits per heavy atom. The number of nitrogens with zero attached hydrogens (tertiary/aromatic N) is 4. The van der Waals surface area contributed by atoms with Gasteiger partial charge in [-0.3, -0.25) is 9.69 Å². The molecule has 4 rings (SSSR count). The number of amides is 2. The predicted octanol–water partition coefficient (Wildman–Crippen LogP) is 7.43. The maximum absolute atomic E-state index is 13.6. The van der Waals surface area contributed by atoms with Crippen LogP contribution in [0.15, 0.2) is 18.2 Å². The molecule has 2 aliphatic heterocycles. The molecule has 1 aromatic carbocycles. The fourth-order valence-electron chi connectivity index (χ4n) is 7.16. The van der Waals surface area contributed by atoms with E-state index in [1.807, 2.05) is 30.6 Å². The molecule has 8 nitrogen and oxygen atoms in total. The van der Waals surface area contributed by atoms with E-state index in [0.29, 0.717) is 12.5 Å². The van der Waals surface area contributed by atoms with Gasteiger partial charge in [-0.25, -0.2) is 4.79 Å². The standard InChI is InChI=1S/C33H45F3N4O4S/c1-20-16-22(17-21(2)38(20)30(42)44-31(3,4)5)14-15-43-26-12-10-24(11-13-26)40-29(45)39(28(41)32(40,6)7)25-9-8-23(19-37)27(18-25)33(34,35)36/h8-9,18,20-22,24,26H,10-17H2,1-7H3/t20-,21?,22?,24?,26?/m0/s1. The van der Waals surface area contributed by atoms with Crippen LogP contribution in [0.1, 0.15) is 105 Å². The number of halogens is 3. The number of piperidine rings is 1. The van der Waals surface area contributed by atoms with E-state index in [2.05, 4.69) is 13.8 Å². The minimum atomic E-state index is -4.74. The van der Waals surface area contributed by atoms with Gasteiger partial charge in [0, 0.05) is 24.7 Å². The Kier molecular flexibility index (Phi) is 10.2. The van der Waals surface area contributed by atoms with Crippen LogP contribution < -0.4 is 4.90 Å². The Labute approximate surface area is 269 Å². The number of carbonyl (C=O) groups excluding carboxylic acids is 2. The Morgan fingerprint density at radius 1 is 1.09 bits per heavy atom. The molecular formula is C33H45F3N4O4S. The zero-order valence-corrected chi connectivity index (χ0v) is 28.1. The molecule has 248 valence electrons. The Morgan fingerprint density at radius 2 is 1.69 bits per heavy atom. The lowest BCUT2D eigenvalue weighted by molar-refractivity contribution is -0.137. The Hall–Kier alpha value is -2.91.